The summed E-state index contributed by atoms with van der Waals surface area (Å²) in [5.74, 6) is 0. The first-order valence-electron chi connectivity index (χ1n) is 1.70. The van der Waals surface area contributed by atoms with Crippen molar-refractivity contribution in [2.45, 2.75) is 0 Å². The van der Waals surface area contributed by atoms with Crippen molar-refractivity contribution in [2.24, 2.45) is 5.73 Å². The Labute approximate surface area is 90.5 Å². The Morgan fingerprint density at radius 1 is 1.88 bits per heavy atom. The molecule has 0 fully saturated rings. The second-order valence-electron chi connectivity index (χ2n) is 0.815. The molecular formula is C2H8NO3SSr-. The van der Waals surface area contributed by atoms with Gasteiger partial charge in [-0.3, -0.25) is 4.18 Å². The van der Waals surface area contributed by atoms with Crippen LogP contribution in [0.25, 0.3) is 0 Å². The fourth-order valence-electron chi connectivity index (χ4n) is 0.116. The van der Waals surface area contributed by atoms with Gasteiger partial charge in [-0.15, -0.1) is 0 Å². The molecule has 0 aliphatic heterocycles. The third kappa shape index (κ3) is 10.5. The molecule has 2 N–H and O–H groups in total. The van der Waals surface area contributed by atoms with Gasteiger partial charge < -0.3 is 13.1 Å². The summed E-state index contributed by atoms with van der Waals surface area (Å²) in [5.41, 5.74) is 4.88. The van der Waals surface area contributed by atoms with Crippen molar-refractivity contribution in [3.8, 4) is 0 Å². The molecule has 0 aromatic carbocycles. The minimum absolute atomic E-state index is 0. The van der Waals surface area contributed by atoms with E-state index in [0.29, 0.717) is 0 Å². The first kappa shape index (κ1) is 12.2. The van der Waals surface area contributed by atoms with E-state index in [0.717, 1.165) is 0 Å². The zero-order chi connectivity index (χ0) is 5.70. The molecule has 0 bridgehead atoms. The van der Waals surface area contributed by atoms with Crippen molar-refractivity contribution < 1.29 is 15.8 Å². The maximum atomic E-state index is 9.48. The van der Waals surface area contributed by atoms with Crippen LogP contribution in [0, 0.1) is 0 Å². The summed E-state index contributed by atoms with van der Waals surface area (Å²) >= 11 is -2.40. The van der Waals surface area contributed by atoms with Gasteiger partial charge in [-0.2, -0.15) is 0 Å². The third-order valence-corrected chi connectivity index (χ3v) is 0.657. The van der Waals surface area contributed by atoms with E-state index in [2.05, 4.69) is 4.18 Å². The summed E-state index contributed by atoms with van der Waals surface area (Å²) in [4.78, 5) is 0. The molecule has 6 heteroatoms. The third-order valence-electron chi connectivity index (χ3n) is 0.297. The Balaban J connectivity index is -0.0000000600. The van der Waals surface area contributed by atoms with Gasteiger partial charge in [0, 0.05) is 6.54 Å². The molecule has 0 spiro atoms. The smallest absolute Gasteiger partial charge is 1.00 e. The molecular weight excluding hydrogens is 206 g/mol. The van der Waals surface area contributed by atoms with Crippen LogP contribution in [0.2, 0.25) is 0 Å². The van der Waals surface area contributed by atoms with Crippen LogP contribution in [0.15, 0.2) is 0 Å². The first-order chi connectivity index (χ1) is 3.27. The van der Waals surface area contributed by atoms with E-state index in [1.54, 1.807) is 0 Å². The van der Waals surface area contributed by atoms with E-state index >= 15 is 0 Å². The Kier molecular flexibility index (Phi) is 13.0. The van der Waals surface area contributed by atoms with Crippen LogP contribution < -0.4 is 5.73 Å². The van der Waals surface area contributed by atoms with Gasteiger partial charge in [0.1, 0.15) is 0 Å². The van der Waals surface area contributed by atoms with Crippen LogP contribution in [-0.2, 0) is 15.5 Å². The Hall–Kier alpha value is 1.51. The van der Waals surface area contributed by atoms with Crippen molar-refractivity contribution in [1.29, 1.82) is 0 Å². The predicted molar refractivity (Wildman–Crippen MR) is 31.9 cm³/mol. The molecule has 0 aliphatic carbocycles. The summed E-state index contributed by atoms with van der Waals surface area (Å²) in [5, 5.41) is 0. The van der Waals surface area contributed by atoms with E-state index < -0.39 is 11.4 Å². The topological polar surface area (TPSA) is 75.4 Å². The molecule has 0 saturated carbocycles. The quantitative estimate of drug-likeness (QED) is 0.462. The van der Waals surface area contributed by atoms with Crippen molar-refractivity contribution in [3.05, 3.63) is 0 Å². The normalized spacial score (nSPS) is 12.2. The van der Waals surface area contributed by atoms with E-state index in [4.69, 9.17) is 5.73 Å². The fourth-order valence-corrected chi connectivity index (χ4v) is 0.348. The first-order valence-corrected chi connectivity index (χ1v) is 2.70. The monoisotopic (exact) mass is 214 g/mol. The van der Waals surface area contributed by atoms with Gasteiger partial charge in [0.2, 0.25) is 0 Å². The molecule has 1 atom stereocenters. The molecule has 0 aromatic heterocycles. The molecule has 1 unspecified atom stereocenters. The largest absolute Gasteiger partial charge is 2.00 e. The minimum Gasteiger partial charge on any atom is -1.00 e. The SMILES string of the molecule is NCCOS(=O)[O-].[H-].[H-].[Sr+2]. The average molecular weight is 214 g/mol. The molecule has 48 valence electrons. The Bertz CT molecular complexity index is 77.5. The summed E-state index contributed by atoms with van der Waals surface area (Å²) in [7, 11) is 0. The Morgan fingerprint density at radius 2 is 2.38 bits per heavy atom. The van der Waals surface area contributed by atoms with Crippen molar-refractivity contribution in [1.82, 2.24) is 0 Å². The standard InChI is InChI=1S/C2H7NO3S.Sr.2H/c3-1-2-6-7(4)5;;;/h1-3H2,(H,4,5);;;/q;+2;2*-1/p-1. The second kappa shape index (κ2) is 8.51. The molecule has 0 heterocycles. The predicted octanol–water partition coefficient (Wildman–Crippen LogP) is -1.40. The molecule has 0 radical (unpaired) electrons. The van der Waals surface area contributed by atoms with Crippen LogP contribution in [0.1, 0.15) is 2.85 Å². The molecule has 4 nitrogen and oxygen atoms in total. The Morgan fingerprint density at radius 3 is 2.50 bits per heavy atom. The van der Waals surface area contributed by atoms with E-state index in [1.807, 2.05) is 0 Å². The number of hydrogen-bond donors (Lipinski definition) is 1. The molecule has 8 heavy (non-hydrogen) atoms. The number of nitrogens with two attached hydrogens (primary N) is 1. The summed E-state index contributed by atoms with van der Waals surface area (Å²) in [6.07, 6.45) is 0. The van der Waals surface area contributed by atoms with E-state index in [9.17, 15) is 8.76 Å². The van der Waals surface area contributed by atoms with Gasteiger partial charge in [0.05, 0.1) is 18.0 Å². The van der Waals surface area contributed by atoms with E-state index in [1.165, 1.54) is 0 Å². The van der Waals surface area contributed by atoms with Gasteiger partial charge in [0.25, 0.3) is 0 Å². The zero-order valence-corrected chi connectivity index (χ0v) is 8.62. The van der Waals surface area contributed by atoms with Gasteiger partial charge in [0.15, 0.2) is 0 Å². The molecule has 0 amide bonds. The van der Waals surface area contributed by atoms with Crippen molar-refractivity contribution in [2.75, 3.05) is 13.2 Å². The second-order valence-corrected chi connectivity index (χ2v) is 1.46. The zero-order valence-electron chi connectivity index (χ0n) is 6.33. The van der Waals surface area contributed by atoms with E-state index in [-0.39, 0.29) is 61.5 Å². The fraction of sp³-hybridized carbons (Fsp3) is 1.00. The summed E-state index contributed by atoms with van der Waals surface area (Å²) in [6, 6.07) is 0. The minimum atomic E-state index is -2.40. The molecule has 0 saturated heterocycles. The molecule has 0 aliphatic rings. The van der Waals surface area contributed by atoms with Crippen molar-refractivity contribution in [3.63, 3.8) is 0 Å². The van der Waals surface area contributed by atoms with Gasteiger partial charge in [-0.25, -0.2) is 4.21 Å². The molecule has 0 rings (SSSR count). The molecule has 0 aromatic rings. The summed E-state index contributed by atoms with van der Waals surface area (Å²) in [6.45, 7) is 0.296. The summed E-state index contributed by atoms with van der Waals surface area (Å²) < 4.78 is 22.9. The van der Waals surface area contributed by atoms with Crippen LogP contribution >= 0.6 is 0 Å². The van der Waals surface area contributed by atoms with Gasteiger partial charge >= 0.3 is 45.5 Å². The average Bonchev–Trinajstić information content (AvgIpc) is 1.61. The maximum absolute atomic E-state index is 9.48. The van der Waals surface area contributed by atoms with Crippen LogP contribution in [0.4, 0.5) is 0 Å². The number of hydrogen-bond acceptors (Lipinski definition) is 4. The van der Waals surface area contributed by atoms with Gasteiger partial charge in [-0.1, -0.05) is 0 Å². The maximum Gasteiger partial charge on any atom is 2.00 e. The number of rotatable bonds is 3. The van der Waals surface area contributed by atoms with Gasteiger partial charge in [-0.05, 0) is 0 Å². The van der Waals surface area contributed by atoms with Crippen molar-refractivity contribution >= 4 is 56.8 Å². The van der Waals surface area contributed by atoms with Crippen LogP contribution in [0.3, 0.4) is 0 Å². The van der Waals surface area contributed by atoms with Crippen LogP contribution in [-0.4, -0.2) is 67.4 Å². The van der Waals surface area contributed by atoms with Crippen LogP contribution in [0.5, 0.6) is 0 Å².